The highest BCUT2D eigenvalue weighted by Gasteiger charge is 2.39. The molecular weight excluding hydrogens is 516 g/mol. The minimum atomic E-state index is -0.376. The lowest BCUT2D eigenvalue weighted by Crippen LogP contribution is -2.16. The Morgan fingerprint density at radius 1 is 0.949 bits per heavy atom. The quantitative estimate of drug-likeness (QED) is 0.297. The third kappa shape index (κ3) is 3.62. The summed E-state index contributed by atoms with van der Waals surface area (Å²) in [7, 11) is 1.65. The molecule has 0 radical (unpaired) electrons. The normalized spacial score (nSPS) is 14.1. The molecule has 1 aliphatic rings. The second kappa shape index (κ2) is 8.85. The van der Waals surface area contributed by atoms with Crippen LogP contribution in [0.15, 0.2) is 79.1 Å². The third-order valence-corrected chi connectivity index (χ3v) is 7.14. The summed E-state index contributed by atoms with van der Waals surface area (Å²) in [5, 5.41) is 20.6. The van der Waals surface area contributed by atoms with Crippen molar-refractivity contribution in [1.82, 2.24) is 29.4 Å². The highest BCUT2D eigenvalue weighted by atomic mass is 35.5. The van der Waals surface area contributed by atoms with Crippen LogP contribution in [0.3, 0.4) is 0 Å². The second-order valence-corrected chi connectivity index (χ2v) is 9.59. The Hall–Kier alpha value is -4.89. The van der Waals surface area contributed by atoms with Crippen LogP contribution in [0.25, 0.3) is 22.7 Å². The molecule has 0 saturated carbocycles. The predicted octanol–water partition coefficient (Wildman–Crippen LogP) is 5.94. The summed E-state index contributed by atoms with van der Waals surface area (Å²) in [6.07, 6.45) is 1.56. The van der Waals surface area contributed by atoms with Crippen molar-refractivity contribution in [3.05, 3.63) is 107 Å². The van der Waals surface area contributed by atoms with Gasteiger partial charge in [0.05, 0.1) is 41.1 Å². The Morgan fingerprint density at radius 3 is 2.51 bits per heavy atom. The van der Waals surface area contributed by atoms with E-state index in [2.05, 4.69) is 10.1 Å². The summed E-state index contributed by atoms with van der Waals surface area (Å²) in [4.78, 5) is 9.49. The average molecular weight is 537 g/mol. The number of halogens is 1. The lowest BCUT2D eigenvalue weighted by molar-refractivity contribution is 0.393. The van der Waals surface area contributed by atoms with E-state index in [1.165, 1.54) is 0 Å². The number of rotatable bonds is 4. The van der Waals surface area contributed by atoms with Crippen molar-refractivity contribution in [2.75, 3.05) is 7.11 Å². The van der Waals surface area contributed by atoms with Crippen LogP contribution in [0.5, 0.6) is 23.3 Å². The molecule has 0 aliphatic carbocycles. The molecule has 192 valence electrons. The highest BCUT2D eigenvalue weighted by Crippen LogP contribution is 2.51. The van der Waals surface area contributed by atoms with Gasteiger partial charge in [0, 0.05) is 10.6 Å². The zero-order valence-electron chi connectivity index (χ0n) is 20.9. The fourth-order valence-electron chi connectivity index (χ4n) is 5.13. The predicted molar refractivity (Wildman–Crippen MR) is 145 cm³/mol. The standard InChI is InChI=1S/C29H21ClN6O3/c1-16-23-24(20-8-4-6-10-22(20)38-2)25-27-32-26(19-7-3-5-9-21(19)37)34-35(27)15-31-28(25)39-29(23)36(33-16)18-13-11-17(30)12-14-18/h3-15,24,37H,1-2H3/t24-/m1/s1. The Balaban J connectivity index is 1.51. The summed E-state index contributed by atoms with van der Waals surface area (Å²) >= 11 is 6.15. The average Bonchev–Trinajstić information content (AvgIpc) is 3.54. The SMILES string of the molecule is COc1ccccc1[C@@H]1c2c(C)nn(-c3ccc(Cl)cc3)c2Oc2ncn3nc(-c4ccccc4O)nc3c21. The molecule has 1 aliphatic heterocycles. The molecule has 0 bridgehead atoms. The fraction of sp³-hybridized carbons (Fsp3) is 0.103. The van der Waals surface area contributed by atoms with Gasteiger partial charge in [0.1, 0.15) is 17.8 Å². The summed E-state index contributed by atoms with van der Waals surface area (Å²) in [5.74, 6) is 1.74. The molecule has 10 heteroatoms. The number of ether oxygens (including phenoxy) is 2. The van der Waals surface area contributed by atoms with Gasteiger partial charge >= 0.3 is 0 Å². The smallest absolute Gasteiger partial charge is 0.230 e. The number of phenolic OH excluding ortho intramolecular Hbond substituents is 1. The minimum Gasteiger partial charge on any atom is -0.507 e. The van der Waals surface area contributed by atoms with Crippen LogP contribution < -0.4 is 9.47 Å². The third-order valence-electron chi connectivity index (χ3n) is 6.89. The van der Waals surface area contributed by atoms with Gasteiger partial charge in [-0.15, -0.1) is 5.10 Å². The van der Waals surface area contributed by atoms with E-state index in [9.17, 15) is 5.11 Å². The van der Waals surface area contributed by atoms with Crippen molar-refractivity contribution in [3.8, 4) is 40.3 Å². The van der Waals surface area contributed by atoms with E-state index in [0.29, 0.717) is 39.6 Å². The van der Waals surface area contributed by atoms with Gasteiger partial charge in [0.2, 0.25) is 11.8 Å². The van der Waals surface area contributed by atoms with Crippen LogP contribution in [-0.4, -0.2) is 41.6 Å². The maximum atomic E-state index is 10.5. The first-order valence-electron chi connectivity index (χ1n) is 12.2. The van der Waals surface area contributed by atoms with Crippen molar-refractivity contribution >= 4 is 17.2 Å². The van der Waals surface area contributed by atoms with Gasteiger partial charge in [-0.2, -0.15) is 5.10 Å². The molecule has 0 amide bonds. The lowest BCUT2D eigenvalue weighted by Gasteiger charge is -2.27. The second-order valence-electron chi connectivity index (χ2n) is 9.15. The number of nitrogens with zero attached hydrogens (tertiary/aromatic N) is 6. The molecule has 9 nitrogen and oxygen atoms in total. The number of para-hydroxylation sites is 2. The number of aryl methyl sites for hydroxylation is 1. The van der Waals surface area contributed by atoms with E-state index in [4.69, 9.17) is 31.2 Å². The van der Waals surface area contributed by atoms with Gasteiger partial charge in [0.25, 0.3) is 0 Å². The molecule has 7 rings (SSSR count). The van der Waals surface area contributed by atoms with E-state index in [0.717, 1.165) is 28.1 Å². The van der Waals surface area contributed by atoms with Crippen LogP contribution >= 0.6 is 11.6 Å². The summed E-state index contributed by atoms with van der Waals surface area (Å²) in [6, 6.07) is 22.2. The zero-order chi connectivity index (χ0) is 26.7. The van der Waals surface area contributed by atoms with Crippen LogP contribution in [0, 0.1) is 6.92 Å². The number of benzene rings is 3. The monoisotopic (exact) mass is 536 g/mol. The Labute approximate surface area is 227 Å². The van der Waals surface area contributed by atoms with Crippen LogP contribution in [0.2, 0.25) is 5.02 Å². The number of phenols is 1. The molecule has 1 N–H and O–H groups in total. The molecule has 0 unspecified atom stereocenters. The van der Waals surface area contributed by atoms with Gasteiger partial charge < -0.3 is 14.6 Å². The highest BCUT2D eigenvalue weighted by molar-refractivity contribution is 6.30. The molecule has 6 aromatic rings. The Kier molecular flexibility index (Phi) is 5.27. The largest absolute Gasteiger partial charge is 0.507 e. The van der Waals surface area contributed by atoms with Crippen molar-refractivity contribution in [2.24, 2.45) is 0 Å². The molecule has 0 saturated heterocycles. The molecular formula is C29H21ClN6O3. The Bertz CT molecular complexity index is 1880. The molecule has 0 spiro atoms. The van der Waals surface area contributed by atoms with Crippen LogP contribution in [0.4, 0.5) is 0 Å². The van der Waals surface area contributed by atoms with Gasteiger partial charge in [-0.25, -0.2) is 19.2 Å². The number of aromatic hydroxyl groups is 1. The van der Waals surface area contributed by atoms with Crippen molar-refractivity contribution in [1.29, 1.82) is 0 Å². The molecule has 1 atom stereocenters. The first-order valence-corrected chi connectivity index (χ1v) is 12.6. The summed E-state index contributed by atoms with van der Waals surface area (Å²) < 4.78 is 15.6. The lowest BCUT2D eigenvalue weighted by atomic mass is 9.84. The van der Waals surface area contributed by atoms with E-state index in [-0.39, 0.29) is 11.7 Å². The summed E-state index contributed by atoms with van der Waals surface area (Å²) in [5.41, 5.74) is 5.16. The topological polar surface area (TPSA) is 99.6 Å². The molecule has 3 aromatic heterocycles. The van der Waals surface area contributed by atoms with Gasteiger partial charge in [-0.3, -0.25) is 0 Å². The van der Waals surface area contributed by atoms with Gasteiger partial charge in [0.15, 0.2) is 11.5 Å². The van der Waals surface area contributed by atoms with Crippen LogP contribution in [-0.2, 0) is 0 Å². The molecule has 39 heavy (non-hydrogen) atoms. The number of aromatic nitrogens is 6. The number of fused-ring (bicyclic) bond motifs is 4. The van der Waals surface area contributed by atoms with E-state index < -0.39 is 0 Å². The zero-order valence-corrected chi connectivity index (χ0v) is 21.7. The maximum Gasteiger partial charge on any atom is 0.230 e. The fourth-order valence-corrected chi connectivity index (χ4v) is 5.25. The molecule has 4 heterocycles. The van der Waals surface area contributed by atoms with Gasteiger partial charge in [-0.05, 0) is 49.4 Å². The molecule has 3 aromatic carbocycles. The van der Waals surface area contributed by atoms with Crippen LogP contribution in [0.1, 0.15) is 28.3 Å². The maximum absolute atomic E-state index is 10.5. The van der Waals surface area contributed by atoms with Crippen molar-refractivity contribution in [3.63, 3.8) is 0 Å². The first-order chi connectivity index (χ1) is 19.0. The van der Waals surface area contributed by atoms with Crippen molar-refractivity contribution in [2.45, 2.75) is 12.8 Å². The van der Waals surface area contributed by atoms with E-state index >= 15 is 0 Å². The van der Waals surface area contributed by atoms with Crippen molar-refractivity contribution < 1.29 is 14.6 Å². The first kappa shape index (κ1) is 23.2. The number of hydrogen-bond acceptors (Lipinski definition) is 7. The van der Waals surface area contributed by atoms with E-state index in [1.54, 1.807) is 40.8 Å². The summed E-state index contributed by atoms with van der Waals surface area (Å²) in [6.45, 7) is 1.95. The van der Waals surface area contributed by atoms with Gasteiger partial charge in [-0.1, -0.05) is 41.9 Å². The molecule has 0 fully saturated rings. The number of hydrogen-bond donors (Lipinski definition) is 1. The van der Waals surface area contributed by atoms with E-state index in [1.807, 2.05) is 61.5 Å². The Morgan fingerprint density at radius 2 is 1.72 bits per heavy atom. The number of methoxy groups -OCH3 is 1. The minimum absolute atomic E-state index is 0.0927.